The van der Waals surface area contributed by atoms with Crippen molar-refractivity contribution in [3.05, 3.63) is 106 Å². The average molecular weight is 946 g/mol. The van der Waals surface area contributed by atoms with Gasteiger partial charge in [-0.3, -0.25) is 19.4 Å². The van der Waals surface area contributed by atoms with Crippen molar-refractivity contribution in [1.29, 1.82) is 0 Å². The summed E-state index contributed by atoms with van der Waals surface area (Å²) >= 11 is 6.38. The lowest BCUT2D eigenvalue weighted by atomic mass is 10.1. The molecule has 0 saturated carbocycles. The Kier molecular flexibility index (Phi) is 15.5. The number of aromatic nitrogens is 2. The molecule has 2 aliphatic carbocycles. The molecule has 2 aromatic carbocycles. The summed E-state index contributed by atoms with van der Waals surface area (Å²) in [7, 11) is 7.29. The van der Waals surface area contributed by atoms with E-state index in [1.807, 2.05) is 96.6 Å². The minimum absolute atomic E-state index is 0. The number of rotatable bonds is 12. The van der Waals surface area contributed by atoms with Gasteiger partial charge in [-0.15, -0.1) is 24.8 Å². The van der Waals surface area contributed by atoms with Gasteiger partial charge in [0, 0.05) is 90.9 Å². The Morgan fingerprint density at radius 2 is 1.05 bits per heavy atom. The number of anilines is 2. The Bertz CT molecular complexity index is 2550. The molecular weight excluding hydrogens is 887 g/mol. The van der Waals surface area contributed by atoms with E-state index in [-0.39, 0.29) is 36.6 Å². The van der Waals surface area contributed by atoms with Gasteiger partial charge in [0.05, 0.1) is 43.7 Å². The van der Waals surface area contributed by atoms with E-state index in [2.05, 4.69) is 20.4 Å². The smallest absolute Gasteiger partial charge is 0.259 e. The highest BCUT2D eigenvalue weighted by molar-refractivity contribution is 6.33. The van der Waals surface area contributed by atoms with Crippen LogP contribution in [0.3, 0.4) is 0 Å². The van der Waals surface area contributed by atoms with Crippen LogP contribution in [0.15, 0.2) is 79.1 Å². The standard InChI is InChI=1S/C25H28ClN3O3.C25H29N3O3.2ClH/c1-27-11-8-21(26)19-15-18-20(24(19)27)16-29(25(18)30)17-6-7-22(31-2)23(14-17)32-13-12-28-9-4-3-5-10-28;1-26-10-6-7-18-15-20-21(24(18)26)17-28(25(20)29)19-8-9-22(30-2)23(16-19)31-14-13-27-11-4-3-5-12-27;;/h6-8,11,14-15H,3-5,9-10,12-13,16H2,1-2H3;6-10,15-16H,3-5,11-14,17H2,1-2H3;2*1H. The third kappa shape index (κ3) is 9.74. The summed E-state index contributed by atoms with van der Waals surface area (Å²) in [5.41, 5.74) is 9.41. The molecule has 65 heavy (non-hydrogen) atoms. The molecule has 0 atom stereocenters. The number of likely N-dealkylation sites (tertiary alicyclic amines) is 2. The van der Waals surface area contributed by atoms with Crippen molar-refractivity contribution in [2.24, 2.45) is 14.1 Å². The molecule has 0 unspecified atom stereocenters. The Hall–Kier alpha value is -5.11. The number of nitrogens with zero attached hydrogens (tertiary/aromatic N) is 6. The van der Waals surface area contributed by atoms with Crippen molar-refractivity contribution in [2.45, 2.75) is 51.6 Å². The number of hydrogen-bond donors (Lipinski definition) is 0. The number of benzene rings is 2. The summed E-state index contributed by atoms with van der Waals surface area (Å²) in [6.45, 7) is 8.66. The maximum absolute atomic E-state index is 13.3. The maximum atomic E-state index is 13.3. The molecule has 346 valence electrons. The second-order valence-electron chi connectivity index (χ2n) is 17.0. The molecule has 0 N–H and O–H groups in total. The van der Waals surface area contributed by atoms with Gasteiger partial charge in [-0.1, -0.05) is 30.5 Å². The highest BCUT2D eigenvalue weighted by atomic mass is 35.5. The second kappa shape index (κ2) is 21.0. The monoisotopic (exact) mass is 944 g/mol. The molecule has 2 aromatic rings. The number of fused-ring (bicyclic) bond motifs is 6. The summed E-state index contributed by atoms with van der Waals surface area (Å²) in [5, 5.41) is 0.667. The van der Waals surface area contributed by atoms with Crippen LogP contribution in [0, 0.1) is 0 Å². The number of halogens is 3. The molecule has 6 heterocycles. The molecule has 2 fully saturated rings. The number of piperidine rings is 2. The van der Waals surface area contributed by atoms with Crippen LogP contribution in [0.25, 0.3) is 22.5 Å². The summed E-state index contributed by atoms with van der Waals surface area (Å²) < 4.78 is 27.3. The van der Waals surface area contributed by atoms with Crippen LogP contribution in [0.4, 0.5) is 11.4 Å². The number of ether oxygens (including phenoxy) is 4. The van der Waals surface area contributed by atoms with Gasteiger partial charge in [-0.25, -0.2) is 0 Å². The molecule has 0 bridgehead atoms. The zero-order valence-electron chi connectivity index (χ0n) is 37.6. The molecule has 8 aliphatic rings. The van der Waals surface area contributed by atoms with Crippen molar-refractivity contribution in [3.63, 3.8) is 0 Å². The van der Waals surface area contributed by atoms with Crippen molar-refractivity contribution in [2.75, 3.05) is 76.5 Å². The fourth-order valence-electron chi connectivity index (χ4n) is 9.72. The van der Waals surface area contributed by atoms with Crippen molar-refractivity contribution < 1.29 is 28.5 Å². The van der Waals surface area contributed by atoms with Crippen LogP contribution in [0.1, 0.15) is 70.4 Å². The van der Waals surface area contributed by atoms with E-state index in [1.54, 1.807) is 19.1 Å². The number of aryl methyl sites for hydroxylation is 2. The van der Waals surface area contributed by atoms with Crippen LogP contribution in [-0.2, 0) is 27.2 Å². The Morgan fingerprint density at radius 1 is 0.554 bits per heavy atom. The van der Waals surface area contributed by atoms with Gasteiger partial charge in [0.25, 0.3) is 11.8 Å². The molecule has 10 rings (SSSR count). The third-order valence-corrected chi connectivity index (χ3v) is 13.4. The van der Waals surface area contributed by atoms with Crippen LogP contribution in [-0.4, -0.2) is 97.5 Å². The van der Waals surface area contributed by atoms with E-state index in [9.17, 15) is 9.59 Å². The highest BCUT2D eigenvalue weighted by Crippen LogP contribution is 2.44. The van der Waals surface area contributed by atoms with E-state index in [4.69, 9.17) is 30.5 Å². The normalized spacial score (nSPS) is 16.1. The molecule has 15 heteroatoms. The lowest BCUT2D eigenvalue weighted by Gasteiger charge is -2.26. The number of hydrogen-bond acceptors (Lipinski definition) is 8. The topological polar surface area (TPSA) is 93.9 Å². The van der Waals surface area contributed by atoms with E-state index < -0.39 is 0 Å². The maximum Gasteiger partial charge on any atom is 0.259 e. The predicted molar refractivity (Wildman–Crippen MR) is 262 cm³/mol. The van der Waals surface area contributed by atoms with E-state index >= 15 is 0 Å². The van der Waals surface area contributed by atoms with Gasteiger partial charge in [0.1, 0.15) is 13.2 Å². The molecular formula is C50H59Cl3N6O6. The molecule has 6 aliphatic heterocycles. The fraction of sp³-hybridized carbons (Fsp3) is 0.400. The first-order chi connectivity index (χ1) is 30.7. The Balaban J connectivity index is 0.000000188. The number of carbonyl (C=O) groups excluding carboxylic acids is 2. The van der Waals surface area contributed by atoms with E-state index in [0.29, 0.717) is 59.9 Å². The van der Waals surface area contributed by atoms with Gasteiger partial charge in [-0.2, -0.15) is 0 Å². The number of pyridine rings is 2. The van der Waals surface area contributed by atoms with Gasteiger partial charge in [0.15, 0.2) is 23.0 Å². The quantitative estimate of drug-likeness (QED) is 0.120. The Labute approximate surface area is 399 Å². The van der Waals surface area contributed by atoms with Crippen molar-refractivity contribution in [1.82, 2.24) is 18.9 Å². The van der Waals surface area contributed by atoms with E-state index in [1.165, 1.54) is 38.5 Å². The van der Waals surface area contributed by atoms with Crippen LogP contribution in [0.2, 0.25) is 5.02 Å². The van der Waals surface area contributed by atoms with Gasteiger partial charge in [-0.05, 0) is 106 Å². The third-order valence-electron chi connectivity index (χ3n) is 13.1. The molecule has 2 amide bonds. The van der Waals surface area contributed by atoms with Crippen molar-refractivity contribution in [3.8, 4) is 45.5 Å². The van der Waals surface area contributed by atoms with Crippen LogP contribution < -0.4 is 28.7 Å². The molecule has 2 saturated heterocycles. The molecule has 0 radical (unpaired) electrons. The Morgan fingerprint density at radius 3 is 1.57 bits per heavy atom. The molecule has 0 spiro atoms. The number of carbonyl (C=O) groups is 2. The first kappa shape index (κ1) is 47.8. The summed E-state index contributed by atoms with van der Waals surface area (Å²) in [5.74, 6) is 2.74. The summed E-state index contributed by atoms with van der Waals surface area (Å²) in [6.07, 6.45) is 11.7. The minimum Gasteiger partial charge on any atom is -0.493 e. The zero-order valence-corrected chi connectivity index (χ0v) is 40.0. The summed E-state index contributed by atoms with van der Waals surface area (Å²) in [6, 6.07) is 21.3. The first-order valence-electron chi connectivity index (χ1n) is 22.3. The lowest BCUT2D eigenvalue weighted by Crippen LogP contribution is -2.33. The SMILES string of the molecule is COc1ccc(N2Cc3c(cc4c(Cl)ccn(C)c3-4)C2=O)cc1OCCN1CCCCC1.COc1ccc(N2Cc3c(cc4cccn(C)c3-4)C2=O)cc1OCCN1CCCCC1.Cl.Cl. The molecule has 0 aromatic heterocycles. The zero-order chi connectivity index (χ0) is 43.6. The fourth-order valence-corrected chi connectivity index (χ4v) is 9.92. The number of amides is 2. The van der Waals surface area contributed by atoms with Gasteiger partial charge >= 0.3 is 0 Å². The first-order valence-corrected chi connectivity index (χ1v) is 22.6. The largest absolute Gasteiger partial charge is 0.493 e. The van der Waals surface area contributed by atoms with Gasteiger partial charge in [0.2, 0.25) is 0 Å². The van der Waals surface area contributed by atoms with Crippen LogP contribution in [0.5, 0.6) is 23.0 Å². The minimum atomic E-state index is -0.0169. The summed E-state index contributed by atoms with van der Waals surface area (Å²) in [4.78, 5) is 35.0. The van der Waals surface area contributed by atoms with Gasteiger partial charge < -0.3 is 37.9 Å². The lowest BCUT2D eigenvalue weighted by molar-refractivity contribution is 0.0989. The van der Waals surface area contributed by atoms with Crippen molar-refractivity contribution >= 4 is 59.6 Å². The highest BCUT2D eigenvalue weighted by Gasteiger charge is 2.36. The second-order valence-corrected chi connectivity index (χ2v) is 17.4. The average Bonchev–Trinajstić information content (AvgIpc) is 4.06. The van der Waals surface area contributed by atoms with E-state index in [0.717, 1.165) is 89.8 Å². The van der Waals surface area contributed by atoms with Crippen LogP contribution >= 0.6 is 36.4 Å². The predicted octanol–water partition coefficient (Wildman–Crippen LogP) is 9.82. The molecule has 12 nitrogen and oxygen atoms in total. The number of methoxy groups -OCH3 is 2.